The normalized spacial score (nSPS) is 14.5. The van der Waals surface area contributed by atoms with Crippen LogP contribution in [0.25, 0.3) is 0 Å². The third-order valence-electron chi connectivity index (χ3n) is 3.63. The van der Waals surface area contributed by atoms with E-state index in [-0.39, 0.29) is 11.9 Å². The Morgan fingerprint density at radius 3 is 2.88 bits per heavy atom. The lowest BCUT2D eigenvalue weighted by atomic mass is 10.1. The second kappa shape index (κ2) is 8.10. The Morgan fingerprint density at radius 2 is 2.04 bits per heavy atom. The molecule has 0 bridgehead atoms. The summed E-state index contributed by atoms with van der Waals surface area (Å²) in [5.41, 5.74) is 3.17. The molecule has 1 heterocycles. The third-order valence-corrected chi connectivity index (χ3v) is 6.22. The number of hydrogen-bond donors (Lipinski definition) is 1. The average Bonchev–Trinajstić information content (AvgIpc) is 2.60. The minimum Gasteiger partial charge on any atom is -0.349 e. The Labute approximate surface area is 155 Å². The largest absolute Gasteiger partial charge is 0.349 e. The van der Waals surface area contributed by atoms with Crippen LogP contribution < -0.4 is 5.32 Å². The van der Waals surface area contributed by atoms with Gasteiger partial charge in [0, 0.05) is 10.8 Å². The van der Waals surface area contributed by atoms with Gasteiger partial charge in [0.05, 0.1) is 17.5 Å². The second-order valence-electron chi connectivity index (χ2n) is 5.39. The Morgan fingerprint density at radius 1 is 1.29 bits per heavy atom. The summed E-state index contributed by atoms with van der Waals surface area (Å²) in [4.78, 5) is 16.8. The van der Waals surface area contributed by atoms with Gasteiger partial charge in [-0.15, -0.1) is 0 Å². The predicted molar refractivity (Wildman–Crippen MR) is 105 cm³/mol. The zero-order valence-electron chi connectivity index (χ0n) is 13.2. The third kappa shape index (κ3) is 4.35. The molecule has 124 valence electrons. The van der Waals surface area contributed by atoms with Crippen molar-refractivity contribution < 1.29 is 4.79 Å². The van der Waals surface area contributed by atoms with Crippen molar-refractivity contribution in [1.82, 2.24) is 5.32 Å². The van der Waals surface area contributed by atoms with Crippen LogP contribution in [0.15, 0.2) is 53.5 Å². The number of aliphatic imine (C=N–C) groups is 1. The van der Waals surface area contributed by atoms with Crippen LogP contribution in [0.5, 0.6) is 0 Å². The average molecular weight is 377 g/mol. The minimum atomic E-state index is -0.117. The summed E-state index contributed by atoms with van der Waals surface area (Å²) in [6.07, 6.45) is 0. The summed E-state index contributed by atoms with van der Waals surface area (Å²) in [5, 5.41) is 3.66. The molecule has 6 heteroatoms. The Bertz CT molecular complexity index is 779. The molecule has 0 aromatic heterocycles. The van der Waals surface area contributed by atoms with E-state index in [0.29, 0.717) is 10.8 Å². The predicted octanol–water partition coefficient (Wildman–Crippen LogP) is 5.18. The maximum Gasteiger partial charge on any atom is 0.230 e. The monoisotopic (exact) mass is 376 g/mol. The molecular weight excluding hydrogens is 360 g/mol. The summed E-state index contributed by atoms with van der Waals surface area (Å²) in [7, 11) is 0. The van der Waals surface area contributed by atoms with Gasteiger partial charge in [-0.25, -0.2) is 4.99 Å². The number of nitrogens with zero attached hydrogens (tertiary/aromatic N) is 1. The number of carbonyl (C=O) groups is 1. The Balaban J connectivity index is 1.55. The van der Waals surface area contributed by atoms with Crippen molar-refractivity contribution in [3.05, 3.63) is 64.7 Å². The molecular formula is C18H17ClN2OS2. The summed E-state index contributed by atoms with van der Waals surface area (Å²) < 4.78 is 0.939. The zero-order valence-corrected chi connectivity index (χ0v) is 15.5. The first-order valence-corrected chi connectivity index (χ1v) is 9.94. The van der Waals surface area contributed by atoms with Crippen LogP contribution in [0, 0.1) is 0 Å². The van der Waals surface area contributed by atoms with Gasteiger partial charge >= 0.3 is 0 Å². The van der Waals surface area contributed by atoms with E-state index in [1.54, 1.807) is 11.8 Å². The van der Waals surface area contributed by atoms with E-state index in [1.165, 1.54) is 17.3 Å². The lowest BCUT2D eigenvalue weighted by Crippen LogP contribution is -2.28. The van der Waals surface area contributed by atoms with Crippen LogP contribution >= 0.6 is 35.1 Å². The molecule has 0 fully saturated rings. The molecule has 2 aromatic rings. The number of rotatable bonds is 4. The molecule has 0 saturated heterocycles. The molecule has 1 N–H and O–H groups in total. The summed E-state index contributed by atoms with van der Waals surface area (Å²) in [5.74, 6) is 1.23. The first-order valence-electron chi connectivity index (χ1n) is 7.59. The van der Waals surface area contributed by atoms with E-state index in [4.69, 9.17) is 11.6 Å². The summed E-state index contributed by atoms with van der Waals surface area (Å²) in [6, 6.07) is 15.6. The fraction of sp³-hybridized carbons (Fsp3) is 0.222. The van der Waals surface area contributed by atoms with Crippen LogP contribution in [0.4, 0.5) is 5.69 Å². The van der Waals surface area contributed by atoms with Gasteiger partial charge in [-0.3, -0.25) is 4.79 Å². The fourth-order valence-corrected chi connectivity index (χ4v) is 4.57. The van der Waals surface area contributed by atoms with Crippen molar-refractivity contribution in [2.75, 3.05) is 5.75 Å². The number of halogens is 1. The molecule has 0 unspecified atom stereocenters. The number of para-hydroxylation sites is 1. The van der Waals surface area contributed by atoms with Crippen LogP contribution in [0.2, 0.25) is 5.02 Å². The molecule has 24 heavy (non-hydrogen) atoms. The SMILES string of the molecule is C[C@H](NC(=O)CSC1=Nc2ccccc2CS1)c1ccccc1Cl. The lowest BCUT2D eigenvalue weighted by Gasteiger charge is -2.17. The highest BCUT2D eigenvalue weighted by molar-refractivity contribution is 8.38. The van der Waals surface area contributed by atoms with Gasteiger partial charge in [0.2, 0.25) is 5.91 Å². The molecule has 1 atom stereocenters. The molecule has 1 aliphatic heterocycles. The van der Waals surface area contributed by atoms with Gasteiger partial charge < -0.3 is 5.32 Å². The molecule has 0 radical (unpaired) electrons. The highest BCUT2D eigenvalue weighted by Crippen LogP contribution is 2.34. The van der Waals surface area contributed by atoms with Gasteiger partial charge in [0.1, 0.15) is 4.38 Å². The molecule has 3 rings (SSSR count). The number of thioether (sulfide) groups is 2. The summed E-state index contributed by atoms with van der Waals surface area (Å²) in [6.45, 7) is 1.94. The lowest BCUT2D eigenvalue weighted by molar-refractivity contribution is -0.119. The van der Waals surface area contributed by atoms with Crippen LogP contribution in [0.3, 0.4) is 0 Å². The minimum absolute atomic E-state index is 0.0189. The summed E-state index contributed by atoms with van der Waals surface area (Å²) >= 11 is 9.33. The molecule has 3 nitrogen and oxygen atoms in total. The van der Waals surface area contributed by atoms with Crippen molar-refractivity contribution in [1.29, 1.82) is 0 Å². The highest BCUT2D eigenvalue weighted by atomic mass is 35.5. The molecule has 1 amide bonds. The van der Waals surface area contributed by atoms with Crippen molar-refractivity contribution in [2.24, 2.45) is 4.99 Å². The first kappa shape index (κ1) is 17.4. The van der Waals surface area contributed by atoms with Crippen molar-refractivity contribution in [3.8, 4) is 0 Å². The first-order chi connectivity index (χ1) is 11.6. The van der Waals surface area contributed by atoms with Gasteiger partial charge in [0.25, 0.3) is 0 Å². The standard InChI is InChI=1S/C18H17ClN2OS2/c1-12(14-7-3-4-8-15(14)19)20-17(22)11-24-18-21-16-9-5-2-6-13(16)10-23-18/h2-9,12H,10-11H2,1H3,(H,20,22)/t12-/m0/s1. The van der Waals surface area contributed by atoms with E-state index in [1.807, 2.05) is 49.4 Å². The smallest absolute Gasteiger partial charge is 0.230 e. The Kier molecular flexibility index (Phi) is 5.87. The molecule has 0 aliphatic carbocycles. The van der Waals surface area contributed by atoms with E-state index in [2.05, 4.69) is 16.4 Å². The molecule has 1 aliphatic rings. The number of nitrogens with one attached hydrogen (secondary N) is 1. The fourth-order valence-electron chi connectivity index (χ4n) is 2.40. The highest BCUT2D eigenvalue weighted by Gasteiger charge is 2.16. The molecule has 0 spiro atoms. The van der Waals surface area contributed by atoms with Crippen molar-refractivity contribution in [3.63, 3.8) is 0 Å². The molecule has 2 aromatic carbocycles. The van der Waals surface area contributed by atoms with E-state index >= 15 is 0 Å². The van der Waals surface area contributed by atoms with Gasteiger partial charge in [0.15, 0.2) is 0 Å². The van der Waals surface area contributed by atoms with Crippen LogP contribution in [-0.4, -0.2) is 16.0 Å². The van der Waals surface area contributed by atoms with Crippen LogP contribution in [-0.2, 0) is 10.5 Å². The number of fused-ring (bicyclic) bond motifs is 1. The van der Waals surface area contributed by atoms with Crippen molar-refractivity contribution >= 4 is 51.1 Å². The topological polar surface area (TPSA) is 41.5 Å². The molecule has 0 saturated carbocycles. The number of amides is 1. The van der Waals surface area contributed by atoms with Crippen molar-refractivity contribution in [2.45, 2.75) is 18.7 Å². The van der Waals surface area contributed by atoms with Gasteiger partial charge in [-0.05, 0) is 30.2 Å². The second-order valence-corrected chi connectivity index (χ2v) is 7.99. The number of carbonyl (C=O) groups excluding carboxylic acids is 1. The van der Waals surface area contributed by atoms with Gasteiger partial charge in [-0.2, -0.15) is 0 Å². The van der Waals surface area contributed by atoms with E-state index < -0.39 is 0 Å². The van der Waals surface area contributed by atoms with Crippen LogP contribution in [0.1, 0.15) is 24.1 Å². The quantitative estimate of drug-likeness (QED) is 0.798. The number of benzene rings is 2. The zero-order chi connectivity index (χ0) is 16.9. The van der Waals surface area contributed by atoms with E-state index in [0.717, 1.165) is 21.4 Å². The maximum absolute atomic E-state index is 12.2. The van der Waals surface area contributed by atoms with E-state index in [9.17, 15) is 4.79 Å². The Hall–Kier alpha value is -1.43. The number of hydrogen-bond acceptors (Lipinski definition) is 4. The van der Waals surface area contributed by atoms with Gasteiger partial charge in [-0.1, -0.05) is 71.5 Å². The maximum atomic E-state index is 12.2.